The summed E-state index contributed by atoms with van der Waals surface area (Å²) in [6, 6.07) is 16.2. The second-order valence-electron chi connectivity index (χ2n) is 6.57. The van der Waals surface area contributed by atoms with Crippen LogP contribution in [0.1, 0.15) is 22.0 Å². The van der Waals surface area contributed by atoms with E-state index in [0.29, 0.717) is 37.4 Å². The zero-order valence-electron chi connectivity index (χ0n) is 15.6. The van der Waals surface area contributed by atoms with Crippen molar-refractivity contribution in [1.29, 1.82) is 0 Å². The van der Waals surface area contributed by atoms with E-state index in [1.807, 2.05) is 49.3 Å². The molecule has 6 nitrogen and oxygen atoms in total. The maximum Gasteiger partial charge on any atom is 0.339 e. The van der Waals surface area contributed by atoms with Gasteiger partial charge in [0, 0.05) is 38.4 Å². The molecule has 0 spiro atoms. The monoisotopic (exact) mass is 368 g/mol. The van der Waals surface area contributed by atoms with Crippen LogP contribution in [0.15, 0.2) is 54.6 Å². The minimum absolute atomic E-state index is 0.220. The second kappa shape index (κ2) is 8.68. The van der Waals surface area contributed by atoms with E-state index in [4.69, 9.17) is 9.47 Å². The highest BCUT2D eigenvalue weighted by Crippen LogP contribution is 2.23. The Balaban J connectivity index is 1.80. The molecule has 1 heterocycles. The van der Waals surface area contributed by atoms with Crippen molar-refractivity contribution >= 4 is 17.6 Å². The van der Waals surface area contributed by atoms with Crippen LogP contribution < -0.4 is 4.90 Å². The fraction of sp³-hybridized carbons (Fsp3) is 0.333. The van der Waals surface area contributed by atoms with Crippen molar-refractivity contribution in [2.45, 2.75) is 6.10 Å². The SMILES string of the molecule is CN(C)c1ccc(C(=O)O[C@@H](C(=O)N2CCOCC2)c2ccccc2)cc1. The minimum Gasteiger partial charge on any atom is -0.444 e. The number of rotatable bonds is 5. The molecule has 1 amide bonds. The highest BCUT2D eigenvalue weighted by molar-refractivity contribution is 5.93. The lowest BCUT2D eigenvalue weighted by atomic mass is 10.1. The number of nitrogens with zero attached hydrogens (tertiary/aromatic N) is 2. The van der Waals surface area contributed by atoms with Crippen molar-refractivity contribution in [2.24, 2.45) is 0 Å². The number of amides is 1. The van der Waals surface area contributed by atoms with Gasteiger partial charge >= 0.3 is 5.97 Å². The van der Waals surface area contributed by atoms with E-state index in [-0.39, 0.29) is 5.91 Å². The molecule has 0 aromatic heterocycles. The number of benzene rings is 2. The van der Waals surface area contributed by atoms with Crippen molar-refractivity contribution in [1.82, 2.24) is 4.90 Å². The molecule has 0 saturated carbocycles. The van der Waals surface area contributed by atoms with E-state index in [2.05, 4.69) is 0 Å². The molecule has 0 unspecified atom stereocenters. The van der Waals surface area contributed by atoms with E-state index in [9.17, 15) is 9.59 Å². The minimum atomic E-state index is -0.967. The quantitative estimate of drug-likeness (QED) is 0.759. The number of ether oxygens (including phenoxy) is 2. The smallest absolute Gasteiger partial charge is 0.339 e. The Morgan fingerprint density at radius 3 is 2.22 bits per heavy atom. The van der Waals surface area contributed by atoms with Crippen LogP contribution in [0, 0.1) is 0 Å². The zero-order valence-corrected chi connectivity index (χ0v) is 15.6. The lowest BCUT2D eigenvalue weighted by Crippen LogP contribution is -2.44. The third-order valence-corrected chi connectivity index (χ3v) is 4.49. The van der Waals surface area contributed by atoms with Crippen LogP contribution in [0.3, 0.4) is 0 Å². The molecular formula is C21H24N2O4. The Labute approximate surface area is 159 Å². The Bertz CT molecular complexity index is 769. The molecule has 1 atom stereocenters. The van der Waals surface area contributed by atoms with Gasteiger partial charge in [-0.3, -0.25) is 4.79 Å². The summed E-state index contributed by atoms with van der Waals surface area (Å²) < 4.78 is 11.0. The number of hydrogen-bond donors (Lipinski definition) is 0. The molecule has 0 aliphatic carbocycles. The second-order valence-corrected chi connectivity index (χ2v) is 6.57. The van der Waals surface area contributed by atoms with Crippen molar-refractivity contribution < 1.29 is 19.1 Å². The van der Waals surface area contributed by atoms with E-state index in [1.165, 1.54) is 0 Å². The first-order chi connectivity index (χ1) is 13.1. The van der Waals surface area contributed by atoms with Crippen LogP contribution in [0.4, 0.5) is 5.69 Å². The summed E-state index contributed by atoms with van der Waals surface area (Å²) in [6.45, 7) is 1.98. The number of hydrogen-bond acceptors (Lipinski definition) is 5. The average molecular weight is 368 g/mol. The van der Waals surface area contributed by atoms with Gasteiger partial charge in [-0.1, -0.05) is 30.3 Å². The molecule has 3 rings (SSSR count). The fourth-order valence-electron chi connectivity index (χ4n) is 2.91. The molecule has 2 aromatic carbocycles. The van der Waals surface area contributed by atoms with Crippen molar-refractivity contribution in [3.8, 4) is 0 Å². The average Bonchev–Trinajstić information content (AvgIpc) is 2.72. The van der Waals surface area contributed by atoms with Gasteiger partial charge in [-0.15, -0.1) is 0 Å². The summed E-state index contributed by atoms with van der Waals surface area (Å²) in [6.07, 6.45) is -0.967. The Kier molecular flexibility index (Phi) is 6.08. The van der Waals surface area contributed by atoms with Crippen molar-refractivity contribution in [3.05, 3.63) is 65.7 Å². The van der Waals surface area contributed by atoms with E-state index < -0.39 is 12.1 Å². The standard InChI is InChI=1S/C21H24N2O4/c1-22(2)18-10-8-17(9-11-18)21(25)27-19(16-6-4-3-5-7-16)20(24)23-12-14-26-15-13-23/h3-11,19H,12-15H2,1-2H3/t19-/m1/s1. The zero-order chi connectivity index (χ0) is 19.2. The van der Waals surface area contributed by atoms with Crippen LogP contribution >= 0.6 is 0 Å². The molecule has 2 aromatic rings. The lowest BCUT2D eigenvalue weighted by Gasteiger charge is -2.30. The molecule has 0 radical (unpaired) electrons. The molecular weight excluding hydrogens is 344 g/mol. The van der Waals surface area contributed by atoms with Gasteiger partial charge in [0.2, 0.25) is 6.10 Å². The summed E-state index contributed by atoms with van der Waals surface area (Å²) in [5.74, 6) is -0.737. The maximum absolute atomic E-state index is 13.0. The molecule has 1 aliphatic rings. The molecule has 27 heavy (non-hydrogen) atoms. The Morgan fingerprint density at radius 1 is 1.00 bits per heavy atom. The summed E-state index contributed by atoms with van der Waals surface area (Å²) in [7, 11) is 3.86. The van der Waals surface area contributed by atoms with E-state index in [0.717, 1.165) is 5.69 Å². The first-order valence-electron chi connectivity index (χ1n) is 8.96. The van der Waals surface area contributed by atoms with E-state index >= 15 is 0 Å². The highest BCUT2D eigenvalue weighted by Gasteiger charge is 2.30. The van der Waals surface area contributed by atoms with Crippen LogP contribution in [0.25, 0.3) is 0 Å². The van der Waals surface area contributed by atoms with Gasteiger partial charge in [0.1, 0.15) is 0 Å². The van der Waals surface area contributed by atoms with Gasteiger partial charge in [0.25, 0.3) is 5.91 Å². The van der Waals surface area contributed by atoms with Crippen LogP contribution in [0.5, 0.6) is 0 Å². The summed E-state index contributed by atoms with van der Waals surface area (Å²) in [4.78, 5) is 29.3. The van der Waals surface area contributed by atoms with Gasteiger partial charge in [-0.2, -0.15) is 0 Å². The van der Waals surface area contributed by atoms with Gasteiger partial charge in [0.15, 0.2) is 0 Å². The van der Waals surface area contributed by atoms with Gasteiger partial charge in [0.05, 0.1) is 18.8 Å². The summed E-state index contributed by atoms with van der Waals surface area (Å²) in [5, 5.41) is 0. The van der Waals surface area contributed by atoms with Gasteiger partial charge < -0.3 is 19.3 Å². The predicted molar refractivity (Wildman–Crippen MR) is 103 cm³/mol. The predicted octanol–water partition coefficient (Wildman–Crippen LogP) is 2.51. The Hall–Kier alpha value is -2.86. The number of carbonyl (C=O) groups is 2. The van der Waals surface area contributed by atoms with Crippen molar-refractivity contribution in [2.75, 3.05) is 45.3 Å². The third-order valence-electron chi connectivity index (χ3n) is 4.49. The van der Waals surface area contributed by atoms with Gasteiger partial charge in [-0.25, -0.2) is 4.79 Å². The molecule has 1 saturated heterocycles. The first-order valence-corrected chi connectivity index (χ1v) is 8.96. The molecule has 1 fully saturated rings. The first kappa shape index (κ1) is 18.9. The topological polar surface area (TPSA) is 59.1 Å². The highest BCUT2D eigenvalue weighted by atomic mass is 16.5. The molecule has 142 valence electrons. The maximum atomic E-state index is 13.0. The molecule has 6 heteroatoms. The van der Waals surface area contributed by atoms with Crippen LogP contribution in [-0.2, 0) is 14.3 Å². The third kappa shape index (κ3) is 4.65. The normalized spacial score (nSPS) is 15.1. The largest absolute Gasteiger partial charge is 0.444 e. The molecule has 1 aliphatic heterocycles. The van der Waals surface area contributed by atoms with Crippen molar-refractivity contribution in [3.63, 3.8) is 0 Å². The summed E-state index contributed by atoms with van der Waals surface area (Å²) >= 11 is 0. The number of carbonyl (C=O) groups excluding carboxylic acids is 2. The number of esters is 1. The van der Waals surface area contributed by atoms with Crippen LogP contribution in [0.2, 0.25) is 0 Å². The van der Waals surface area contributed by atoms with Gasteiger partial charge in [-0.05, 0) is 24.3 Å². The molecule has 0 N–H and O–H groups in total. The molecule has 0 bridgehead atoms. The summed E-state index contributed by atoms with van der Waals surface area (Å²) in [5.41, 5.74) is 2.05. The number of anilines is 1. The number of morpholine rings is 1. The lowest BCUT2D eigenvalue weighted by molar-refractivity contribution is -0.145. The fourth-order valence-corrected chi connectivity index (χ4v) is 2.91. The Morgan fingerprint density at radius 2 is 1.63 bits per heavy atom. The van der Waals surface area contributed by atoms with E-state index in [1.54, 1.807) is 29.2 Å². The van der Waals surface area contributed by atoms with Crippen LogP contribution in [-0.4, -0.2) is 57.2 Å².